The summed E-state index contributed by atoms with van der Waals surface area (Å²) in [5.74, 6) is -0.143. The van der Waals surface area contributed by atoms with Gasteiger partial charge in [-0.1, -0.05) is 19.3 Å². The molecule has 0 N–H and O–H groups in total. The predicted molar refractivity (Wildman–Crippen MR) is 62.8 cm³/mol. The summed E-state index contributed by atoms with van der Waals surface area (Å²) in [6.07, 6.45) is 7.55. The summed E-state index contributed by atoms with van der Waals surface area (Å²) < 4.78 is 1.75. The van der Waals surface area contributed by atoms with Crippen molar-refractivity contribution in [2.24, 2.45) is 0 Å². The fourth-order valence-corrected chi connectivity index (χ4v) is 2.42. The van der Waals surface area contributed by atoms with E-state index in [1.54, 1.807) is 16.7 Å². The van der Waals surface area contributed by atoms with Crippen molar-refractivity contribution in [1.82, 2.24) is 4.57 Å². The number of hydrogen-bond donors (Lipinski definition) is 0. The van der Waals surface area contributed by atoms with Crippen LogP contribution in [0.15, 0.2) is 23.1 Å². The molecule has 0 aromatic carbocycles. The van der Waals surface area contributed by atoms with Crippen LogP contribution in [-0.4, -0.2) is 10.4 Å². The molecule has 0 bridgehead atoms. The van der Waals surface area contributed by atoms with Gasteiger partial charge in [-0.25, -0.2) is 0 Å². The Kier molecular flexibility index (Phi) is 3.22. The average Bonchev–Trinajstić information content (AvgIpc) is 2.30. The smallest absolute Gasteiger partial charge is 0.261 e. The molecule has 0 aliphatic heterocycles. The van der Waals surface area contributed by atoms with E-state index < -0.39 is 0 Å². The summed E-state index contributed by atoms with van der Waals surface area (Å²) in [5, 5.41) is 0. The molecule has 1 fully saturated rings. The van der Waals surface area contributed by atoms with Gasteiger partial charge in [0, 0.05) is 12.2 Å². The fourth-order valence-electron chi connectivity index (χ4n) is 2.42. The molecule has 0 radical (unpaired) electrons. The van der Waals surface area contributed by atoms with Gasteiger partial charge in [0.15, 0.2) is 5.78 Å². The number of hydrogen-bond acceptors (Lipinski definition) is 2. The minimum Gasteiger partial charge on any atom is -0.312 e. The molecule has 1 aliphatic carbocycles. The first kappa shape index (κ1) is 11.1. The highest BCUT2D eigenvalue weighted by Crippen LogP contribution is 2.26. The zero-order valence-electron chi connectivity index (χ0n) is 9.61. The Hall–Kier alpha value is -1.38. The van der Waals surface area contributed by atoms with Gasteiger partial charge >= 0.3 is 0 Å². The first-order valence-electron chi connectivity index (χ1n) is 5.92. The average molecular weight is 219 g/mol. The van der Waals surface area contributed by atoms with Crippen LogP contribution in [0.25, 0.3) is 0 Å². The number of carbonyl (C=O) groups excluding carboxylic acids is 1. The molecule has 86 valence electrons. The second-order valence-electron chi connectivity index (χ2n) is 4.48. The Balaban J connectivity index is 2.37. The van der Waals surface area contributed by atoms with Crippen molar-refractivity contribution < 1.29 is 4.79 Å². The molecule has 1 aromatic rings. The van der Waals surface area contributed by atoms with Crippen LogP contribution < -0.4 is 5.56 Å². The second-order valence-corrected chi connectivity index (χ2v) is 4.48. The minimum atomic E-state index is -0.143. The van der Waals surface area contributed by atoms with Crippen molar-refractivity contribution in [3.63, 3.8) is 0 Å². The van der Waals surface area contributed by atoms with Crippen LogP contribution >= 0.6 is 0 Å². The van der Waals surface area contributed by atoms with Gasteiger partial charge in [-0.15, -0.1) is 0 Å². The van der Waals surface area contributed by atoms with Crippen LogP contribution in [0.2, 0.25) is 0 Å². The third kappa shape index (κ3) is 2.08. The van der Waals surface area contributed by atoms with Gasteiger partial charge in [0.05, 0.1) is 5.56 Å². The quantitative estimate of drug-likeness (QED) is 0.717. The fraction of sp³-hybridized carbons (Fsp3) is 0.538. The summed E-state index contributed by atoms with van der Waals surface area (Å²) in [5.41, 5.74) is 0.190. The van der Waals surface area contributed by atoms with E-state index in [2.05, 4.69) is 0 Å². The molecule has 0 saturated heterocycles. The Labute approximate surface area is 95.1 Å². The number of ketones is 1. The topological polar surface area (TPSA) is 39.1 Å². The normalized spacial score (nSPS) is 17.3. The zero-order valence-corrected chi connectivity index (χ0v) is 9.61. The van der Waals surface area contributed by atoms with E-state index in [0.29, 0.717) is 11.6 Å². The van der Waals surface area contributed by atoms with Crippen molar-refractivity contribution in [2.75, 3.05) is 0 Å². The Morgan fingerprint density at radius 3 is 2.62 bits per heavy atom. The van der Waals surface area contributed by atoms with Gasteiger partial charge in [0.1, 0.15) is 0 Å². The molecule has 0 unspecified atom stereocenters. The minimum absolute atomic E-state index is 0.123. The SMILES string of the molecule is CC(=O)c1cccn(C2CCCCC2)c1=O. The number of nitrogens with zero attached hydrogens (tertiary/aromatic N) is 1. The van der Waals surface area contributed by atoms with Gasteiger partial charge in [-0.3, -0.25) is 9.59 Å². The number of rotatable bonds is 2. The van der Waals surface area contributed by atoms with Crippen LogP contribution in [0.4, 0.5) is 0 Å². The Morgan fingerprint density at radius 1 is 1.31 bits per heavy atom. The standard InChI is InChI=1S/C13H17NO2/c1-10(15)12-8-5-9-14(13(12)16)11-6-3-2-4-7-11/h5,8-9,11H,2-4,6-7H2,1H3. The molecule has 16 heavy (non-hydrogen) atoms. The Morgan fingerprint density at radius 2 is 2.00 bits per heavy atom. The van der Waals surface area contributed by atoms with Crippen LogP contribution in [0.5, 0.6) is 0 Å². The molecular weight excluding hydrogens is 202 g/mol. The molecule has 1 aromatic heterocycles. The Bertz CT molecular complexity index is 441. The van der Waals surface area contributed by atoms with Crippen LogP contribution in [-0.2, 0) is 0 Å². The highest BCUT2D eigenvalue weighted by Gasteiger charge is 2.17. The van der Waals surface area contributed by atoms with Crippen molar-refractivity contribution in [3.8, 4) is 0 Å². The van der Waals surface area contributed by atoms with Crippen molar-refractivity contribution >= 4 is 5.78 Å². The number of carbonyl (C=O) groups is 1. The van der Waals surface area contributed by atoms with E-state index in [0.717, 1.165) is 12.8 Å². The van der Waals surface area contributed by atoms with Gasteiger partial charge in [0.2, 0.25) is 0 Å². The number of Topliss-reactive ketones (excluding diaryl/α,β-unsaturated/α-hetero) is 1. The summed E-state index contributed by atoms with van der Waals surface area (Å²) in [6, 6.07) is 3.71. The summed E-state index contributed by atoms with van der Waals surface area (Å²) in [4.78, 5) is 23.3. The maximum Gasteiger partial charge on any atom is 0.261 e. The lowest BCUT2D eigenvalue weighted by Crippen LogP contribution is -2.29. The molecular formula is C13H17NO2. The first-order chi connectivity index (χ1) is 7.70. The van der Waals surface area contributed by atoms with E-state index in [1.807, 2.05) is 6.20 Å². The third-order valence-electron chi connectivity index (χ3n) is 3.32. The van der Waals surface area contributed by atoms with Crippen molar-refractivity contribution in [1.29, 1.82) is 0 Å². The van der Waals surface area contributed by atoms with Gasteiger partial charge in [0.25, 0.3) is 5.56 Å². The molecule has 1 saturated carbocycles. The van der Waals surface area contributed by atoms with E-state index >= 15 is 0 Å². The van der Waals surface area contributed by atoms with Gasteiger partial charge in [-0.05, 0) is 31.9 Å². The van der Waals surface area contributed by atoms with E-state index in [4.69, 9.17) is 0 Å². The highest BCUT2D eigenvalue weighted by atomic mass is 16.1. The molecule has 0 amide bonds. The van der Waals surface area contributed by atoms with Gasteiger partial charge in [-0.2, -0.15) is 0 Å². The van der Waals surface area contributed by atoms with Crippen LogP contribution in [0, 0.1) is 0 Å². The van der Waals surface area contributed by atoms with Gasteiger partial charge < -0.3 is 4.57 Å². The van der Waals surface area contributed by atoms with E-state index in [9.17, 15) is 9.59 Å². The van der Waals surface area contributed by atoms with Crippen LogP contribution in [0.3, 0.4) is 0 Å². The monoisotopic (exact) mass is 219 g/mol. The third-order valence-corrected chi connectivity index (χ3v) is 3.32. The van der Waals surface area contributed by atoms with E-state index in [1.165, 1.54) is 26.2 Å². The molecule has 1 aliphatic rings. The molecule has 1 heterocycles. The molecule has 3 nitrogen and oxygen atoms in total. The number of aromatic nitrogens is 1. The summed E-state index contributed by atoms with van der Waals surface area (Å²) >= 11 is 0. The largest absolute Gasteiger partial charge is 0.312 e. The predicted octanol–water partition coefficient (Wildman–Crippen LogP) is 2.56. The number of pyridine rings is 1. The zero-order chi connectivity index (χ0) is 11.5. The maximum atomic E-state index is 12.1. The van der Waals surface area contributed by atoms with Crippen molar-refractivity contribution in [3.05, 3.63) is 34.2 Å². The lowest BCUT2D eigenvalue weighted by Gasteiger charge is -2.24. The first-order valence-corrected chi connectivity index (χ1v) is 5.92. The molecule has 0 atom stereocenters. The molecule has 3 heteroatoms. The lowest BCUT2D eigenvalue weighted by atomic mass is 9.95. The lowest BCUT2D eigenvalue weighted by molar-refractivity contribution is 0.101. The maximum absolute atomic E-state index is 12.1. The van der Waals surface area contributed by atoms with E-state index in [-0.39, 0.29) is 11.3 Å². The highest BCUT2D eigenvalue weighted by molar-refractivity contribution is 5.93. The second kappa shape index (κ2) is 4.64. The van der Waals surface area contributed by atoms with Crippen molar-refractivity contribution in [2.45, 2.75) is 45.1 Å². The molecule has 2 rings (SSSR count). The summed E-state index contributed by atoms with van der Waals surface area (Å²) in [7, 11) is 0. The molecule has 0 spiro atoms. The van der Waals surface area contributed by atoms with Crippen LogP contribution in [0.1, 0.15) is 55.4 Å². The summed E-state index contributed by atoms with van der Waals surface area (Å²) in [6.45, 7) is 1.45.